The van der Waals surface area contributed by atoms with E-state index in [1.807, 2.05) is 6.92 Å². The van der Waals surface area contributed by atoms with Gasteiger partial charge in [0, 0.05) is 20.3 Å². The third-order valence-corrected chi connectivity index (χ3v) is 2.56. The van der Waals surface area contributed by atoms with Gasteiger partial charge in [-0.1, -0.05) is 19.9 Å². The summed E-state index contributed by atoms with van der Waals surface area (Å²) in [5, 5.41) is 9.72. The van der Waals surface area contributed by atoms with Crippen LogP contribution in [0.25, 0.3) is 0 Å². The smallest absolute Gasteiger partial charge is 1.00 e. The average Bonchev–Trinajstić information content (AvgIpc) is 2.52. The fraction of sp³-hybridized carbons (Fsp3) is 0.556. The summed E-state index contributed by atoms with van der Waals surface area (Å²) >= 11 is 0. The monoisotopic (exact) mass is 402 g/mol. The molecule has 0 aliphatic carbocycles. The molecule has 0 saturated carbocycles. The van der Waals surface area contributed by atoms with Gasteiger partial charge >= 0.3 is 35.0 Å². The second kappa shape index (κ2) is 24.0. The number of carbonyl (C=O) groups is 3. The van der Waals surface area contributed by atoms with E-state index in [2.05, 4.69) is 24.8 Å². The zero-order valence-corrected chi connectivity index (χ0v) is 18.6. The van der Waals surface area contributed by atoms with Gasteiger partial charge in [-0.25, -0.2) is 19.6 Å². The first-order valence-corrected chi connectivity index (χ1v) is 7.64. The third-order valence-electron chi connectivity index (χ3n) is 2.56. The van der Waals surface area contributed by atoms with Gasteiger partial charge in [0.25, 0.3) is 0 Å². The van der Waals surface area contributed by atoms with Crippen LogP contribution in [-0.2, 0) is 23.9 Å². The van der Waals surface area contributed by atoms with Crippen LogP contribution in [0.3, 0.4) is 0 Å². The second-order valence-electron chi connectivity index (χ2n) is 4.81. The van der Waals surface area contributed by atoms with Gasteiger partial charge in [0.15, 0.2) is 5.78 Å². The number of aliphatic hydroxyl groups is 1. The summed E-state index contributed by atoms with van der Waals surface area (Å²) in [5.74, 6) is -0.826. The molecule has 1 N–H and O–H groups in total. The van der Waals surface area contributed by atoms with E-state index in [4.69, 9.17) is 4.74 Å². The van der Waals surface area contributed by atoms with Crippen molar-refractivity contribution < 1.29 is 41.4 Å². The van der Waals surface area contributed by atoms with Crippen molar-refractivity contribution in [2.45, 2.75) is 52.6 Å². The Morgan fingerprint density at radius 2 is 1.54 bits per heavy atom. The minimum atomic E-state index is -0.937. The van der Waals surface area contributed by atoms with Crippen LogP contribution >= 0.6 is 0 Å². The van der Waals surface area contributed by atoms with Crippen molar-refractivity contribution in [1.82, 2.24) is 0 Å². The molecular formula is C18H31ClMgO6. The van der Waals surface area contributed by atoms with Gasteiger partial charge in [0.05, 0.1) is 0 Å². The van der Waals surface area contributed by atoms with Crippen LogP contribution in [0.4, 0.5) is 0 Å². The van der Waals surface area contributed by atoms with Crippen molar-refractivity contribution in [3.8, 4) is 0 Å². The molecule has 0 aromatic carbocycles. The molecule has 0 aliphatic rings. The van der Waals surface area contributed by atoms with Crippen molar-refractivity contribution in [2.24, 2.45) is 0 Å². The number of ketones is 1. The fourth-order valence-electron chi connectivity index (χ4n) is 1.09. The van der Waals surface area contributed by atoms with Crippen molar-refractivity contribution in [3.05, 3.63) is 32.2 Å². The molecule has 0 amide bonds. The molecule has 6 nitrogen and oxygen atoms in total. The summed E-state index contributed by atoms with van der Waals surface area (Å²) in [5.41, 5.74) is -0.937. The van der Waals surface area contributed by atoms with Crippen LogP contribution in [0, 0.1) is 6.92 Å². The van der Waals surface area contributed by atoms with Gasteiger partial charge in [-0.2, -0.15) is 0 Å². The number of rotatable bonds is 8. The van der Waals surface area contributed by atoms with Crippen LogP contribution in [0.15, 0.2) is 25.3 Å². The average molecular weight is 403 g/mol. The minimum absolute atomic E-state index is 0. The number of carbonyl (C=O) groups excluding carboxylic acids is 3. The maximum absolute atomic E-state index is 10.5. The second-order valence-corrected chi connectivity index (χ2v) is 4.81. The quantitative estimate of drug-likeness (QED) is 0.253. The summed E-state index contributed by atoms with van der Waals surface area (Å²) in [6.07, 6.45) is 4.53. The summed E-state index contributed by atoms with van der Waals surface area (Å²) in [6, 6.07) is 0. The largest absolute Gasteiger partial charge is 2.00 e. The summed E-state index contributed by atoms with van der Waals surface area (Å²) in [4.78, 5) is 31.0. The first-order valence-electron chi connectivity index (χ1n) is 7.64. The van der Waals surface area contributed by atoms with E-state index in [1.54, 1.807) is 13.0 Å². The van der Waals surface area contributed by atoms with E-state index in [1.165, 1.54) is 19.9 Å². The molecule has 0 bridgehead atoms. The molecule has 0 fully saturated rings. The molecule has 26 heavy (non-hydrogen) atoms. The molecule has 0 radical (unpaired) electrons. The van der Waals surface area contributed by atoms with Crippen molar-refractivity contribution in [2.75, 3.05) is 13.2 Å². The zero-order chi connectivity index (χ0) is 19.6. The molecule has 8 heteroatoms. The molecular weight excluding hydrogens is 372 g/mol. The Morgan fingerprint density at radius 3 is 1.81 bits per heavy atom. The molecule has 0 rings (SSSR count). The van der Waals surface area contributed by atoms with Crippen LogP contribution in [0.1, 0.15) is 47.0 Å². The Morgan fingerprint density at radius 1 is 1.12 bits per heavy atom. The van der Waals surface area contributed by atoms with E-state index in [0.717, 1.165) is 0 Å². The number of esters is 2. The molecule has 0 spiro atoms. The Hall–Kier alpha value is -1.02. The van der Waals surface area contributed by atoms with Gasteiger partial charge in [-0.3, -0.25) is 14.4 Å². The maximum atomic E-state index is 10.5. The van der Waals surface area contributed by atoms with E-state index in [0.29, 0.717) is 19.3 Å². The Balaban J connectivity index is -0.0000000940. The summed E-state index contributed by atoms with van der Waals surface area (Å²) in [7, 11) is 0. The number of halogens is 1. The molecule has 0 aromatic heterocycles. The van der Waals surface area contributed by atoms with Crippen molar-refractivity contribution in [3.63, 3.8) is 0 Å². The van der Waals surface area contributed by atoms with E-state index < -0.39 is 11.6 Å². The molecule has 0 heterocycles. The number of ether oxygens (including phenoxy) is 2. The Kier molecular flexibility index (Phi) is 33.2. The van der Waals surface area contributed by atoms with Crippen molar-refractivity contribution >= 4 is 40.8 Å². The molecule has 1 unspecified atom stereocenters. The topological polar surface area (TPSA) is 89.9 Å². The van der Waals surface area contributed by atoms with E-state index in [-0.39, 0.29) is 60.4 Å². The third kappa shape index (κ3) is 30.8. The van der Waals surface area contributed by atoms with Crippen LogP contribution in [0.5, 0.6) is 0 Å². The minimum Gasteiger partial charge on any atom is -1.00 e. The van der Waals surface area contributed by atoms with Crippen LogP contribution < -0.4 is 12.4 Å². The number of Topliss-reactive ketones (excluding diaryl/α,β-unsaturated/α-hetero) is 1. The van der Waals surface area contributed by atoms with Gasteiger partial charge in [-0.15, -0.1) is 6.58 Å². The number of allylic oxidation sites excluding steroid dienone is 1. The number of hydrogen-bond acceptors (Lipinski definition) is 6. The molecule has 0 saturated heterocycles. The molecule has 1 atom stereocenters. The van der Waals surface area contributed by atoms with Gasteiger partial charge in [0.2, 0.25) is 0 Å². The van der Waals surface area contributed by atoms with Gasteiger partial charge in [0.1, 0.15) is 18.8 Å². The molecule has 148 valence electrons. The van der Waals surface area contributed by atoms with Crippen molar-refractivity contribution in [1.29, 1.82) is 0 Å². The normalized spacial score (nSPS) is 10.3. The first kappa shape index (κ1) is 36.0. The molecule has 0 aliphatic heterocycles. The van der Waals surface area contributed by atoms with Gasteiger partial charge in [-0.05, 0) is 12.8 Å². The van der Waals surface area contributed by atoms with Crippen LogP contribution in [-0.4, -0.2) is 64.7 Å². The Labute approximate surface area is 180 Å². The standard InChI is InChI=1S/C9H16O3.C6H10O3.C3H5.ClH.Mg/c1-4-6-9(11,5-2)7-12-8(3)10;1-3-6(8)4-9-5(2)7;1-3-2;;/h4,11H,1,5-7H2,2-3H3;3-4H2,1-2H3;3H,1-2H2;1H;/q;;-1;;+2/p-1. The number of hydrogen-bond donors (Lipinski definition) is 1. The summed E-state index contributed by atoms with van der Waals surface area (Å²) in [6.45, 7) is 16.2. The van der Waals surface area contributed by atoms with Crippen LogP contribution in [0.2, 0.25) is 0 Å². The maximum Gasteiger partial charge on any atom is 2.00 e. The zero-order valence-electron chi connectivity index (χ0n) is 16.4. The summed E-state index contributed by atoms with van der Waals surface area (Å²) < 4.78 is 9.12. The van der Waals surface area contributed by atoms with E-state index in [9.17, 15) is 19.5 Å². The Bertz CT molecular complexity index is 401. The van der Waals surface area contributed by atoms with E-state index >= 15 is 0 Å². The SMILES string of the molecule is C=CCC(O)(CC)COC(C)=O.C=C[CH2-].CCC(=O)COC(C)=O.[Cl-].[Mg+2]. The predicted octanol–water partition coefficient (Wildman–Crippen LogP) is -0.575. The fourth-order valence-corrected chi connectivity index (χ4v) is 1.09. The van der Waals surface area contributed by atoms with Gasteiger partial charge < -0.3 is 27.0 Å². The predicted molar refractivity (Wildman–Crippen MR) is 99.9 cm³/mol. The molecule has 0 aromatic rings. The first-order chi connectivity index (χ1) is 11.1.